The van der Waals surface area contributed by atoms with Crippen LogP contribution in [-0.4, -0.2) is 23.6 Å². The van der Waals surface area contributed by atoms with Crippen LogP contribution in [0.15, 0.2) is 18.2 Å². The molecule has 6 heteroatoms. The second-order valence-corrected chi connectivity index (χ2v) is 3.48. The molecule has 0 aliphatic heterocycles. The van der Waals surface area contributed by atoms with Gasteiger partial charge in [-0.3, -0.25) is 9.63 Å². The zero-order valence-corrected chi connectivity index (χ0v) is 9.25. The molecule has 0 aromatic heterocycles. The molecule has 5 nitrogen and oxygen atoms in total. The van der Waals surface area contributed by atoms with E-state index >= 15 is 0 Å². The van der Waals surface area contributed by atoms with E-state index < -0.39 is 18.5 Å². The zero-order valence-electron chi connectivity index (χ0n) is 8.49. The Bertz CT molecular complexity index is 419. The smallest absolute Gasteiger partial charge is 0.332 e. The number of carbonyl (C=O) groups excluding carboxylic acids is 1. The van der Waals surface area contributed by atoms with Crippen LogP contribution in [0.3, 0.4) is 0 Å². The summed E-state index contributed by atoms with van der Waals surface area (Å²) in [6.45, 7) is 1.22. The Hall–Kier alpha value is -1.59. The number of rotatable bonds is 4. The average molecular weight is 244 g/mol. The average Bonchev–Trinajstić information content (AvgIpc) is 2.21. The number of hydroxylamine groups is 1. The SMILES string of the molecule is Cc1ccc(C(=O)NOCC(=O)O)cc1Cl. The van der Waals surface area contributed by atoms with Crippen molar-refractivity contribution in [1.29, 1.82) is 0 Å². The van der Waals surface area contributed by atoms with Gasteiger partial charge in [0.15, 0.2) is 6.61 Å². The molecule has 2 N–H and O–H groups in total. The zero-order chi connectivity index (χ0) is 12.1. The Morgan fingerprint density at radius 1 is 1.50 bits per heavy atom. The minimum atomic E-state index is -1.16. The number of benzene rings is 1. The number of nitrogens with one attached hydrogen (secondary N) is 1. The molecule has 0 aliphatic carbocycles. The van der Waals surface area contributed by atoms with Gasteiger partial charge in [-0.05, 0) is 24.6 Å². The van der Waals surface area contributed by atoms with E-state index in [1.807, 2.05) is 12.4 Å². The van der Waals surface area contributed by atoms with E-state index in [-0.39, 0.29) is 0 Å². The lowest BCUT2D eigenvalue weighted by molar-refractivity contribution is -0.144. The van der Waals surface area contributed by atoms with Gasteiger partial charge in [-0.1, -0.05) is 17.7 Å². The van der Waals surface area contributed by atoms with E-state index in [4.69, 9.17) is 16.7 Å². The third-order valence-corrected chi connectivity index (χ3v) is 2.20. The lowest BCUT2D eigenvalue weighted by Gasteiger charge is -2.05. The highest BCUT2D eigenvalue weighted by Crippen LogP contribution is 2.16. The van der Waals surface area contributed by atoms with Crippen molar-refractivity contribution >= 4 is 23.5 Å². The molecular weight excluding hydrogens is 234 g/mol. The van der Waals surface area contributed by atoms with Gasteiger partial charge in [-0.25, -0.2) is 10.3 Å². The Balaban J connectivity index is 2.59. The molecule has 0 saturated heterocycles. The number of aliphatic carboxylic acids is 1. The van der Waals surface area contributed by atoms with E-state index in [1.54, 1.807) is 12.1 Å². The molecule has 0 radical (unpaired) electrons. The Kier molecular flexibility index (Phi) is 4.28. The monoisotopic (exact) mass is 243 g/mol. The van der Waals surface area contributed by atoms with E-state index in [1.165, 1.54) is 6.07 Å². The number of aryl methyl sites for hydroxylation is 1. The minimum Gasteiger partial charge on any atom is -0.479 e. The molecule has 0 aliphatic rings. The van der Waals surface area contributed by atoms with Crippen molar-refractivity contribution in [3.05, 3.63) is 34.3 Å². The van der Waals surface area contributed by atoms with Gasteiger partial charge < -0.3 is 5.11 Å². The molecular formula is C10H10ClNO4. The molecule has 86 valence electrons. The summed E-state index contributed by atoms with van der Waals surface area (Å²) >= 11 is 5.83. The molecule has 0 bridgehead atoms. The number of carbonyl (C=O) groups is 2. The molecule has 1 aromatic carbocycles. The van der Waals surface area contributed by atoms with Crippen LogP contribution in [0.2, 0.25) is 5.02 Å². The van der Waals surface area contributed by atoms with Crippen molar-refractivity contribution in [1.82, 2.24) is 5.48 Å². The third-order valence-electron chi connectivity index (χ3n) is 1.79. The topological polar surface area (TPSA) is 75.6 Å². The van der Waals surface area contributed by atoms with E-state index in [0.29, 0.717) is 10.6 Å². The second-order valence-electron chi connectivity index (χ2n) is 3.08. The Labute approximate surface area is 96.9 Å². The number of amides is 1. The molecule has 1 amide bonds. The molecule has 0 fully saturated rings. The van der Waals surface area contributed by atoms with Crippen molar-refractivity contribution in [2.45, 2.75) is 6.92 Å². The largest absolute Gasteiger partial charge is 0.479 e. The quantitative estimate of drug-likeness (QED) is 0.784. The van der Waals surface area contributed by atoms with Gasteiger partial charge in [0.25, 0.3) is 5.91 Å². The molecule has 1 aromatic rings. The normalized spacial score (nSPS) is 9.88. The first-order valence-corrected chi connectivity index (χ1v) is 4.78. The number of carboxylic acid groups (broad SMARTS) is 1. The van der Waals surface area contributed by atoms with Crippen LogP contribution >= 0.6 is 11.6 Å². The Morgan fingerprint density at radius 3 is 2.75 bits per heavy atom. The maximum absolute atomic E-state index is 11.4. The fourth-order valence-electron chi connectivity index (χ4n) is 0.956. The fraction of sp³-hybridized carbons (Fsp3) is 0.200. The highest BCUT2D eigenvalue weighted by atomic mass is 35.5. The molecule has 0 spiro atoms. The first kappa shape index (κ1) is 12.5. The van der Waals surface area contributed by atoms with Gasteiger partial charge in [0.05, 0.1) is 0 Å². The maximum Gasteiger partial charge on any atom is 0.332 e. The molecule has 0 saturated carbocycles. The number of halogens is 1. The van der Waals surface area contributed by atoms with Crippen molar-refractivity contribution in [2.75, 3.05) is 6.61 Å². The summed E-state index contributed by atoms with van der Waals surface area (Å²) in [6, 6.07) is 4.74. The van der Waals surface area contributed by atoms with Crippen molar-refractivity contribution in [3.63, 3.8) is 0 Å². The minimum absolute atomic E-state index is 0.306. The fourth-order valence-corrected chi connectivity index (χ4v) is 1.14. The third kappa shape index (κ3) is 3.52. The van der Waals surface area contributed by atoms with Crippen LogP contribution in [0.1, 0.15) is 15.9 Å². The van der Waals surface area contributed by atoms with Gasteiger partial charge in [-0.2, -0.15) is 0 Å². The van der Waals surface area contributed by atoms with Crippen molar-refractivity contribution in [3.8, 4) is 0 Å². The van der Waals surface area contributed by atoms with Crippen molar-refractivity contribution < 1.29 is 19.5 Å². The Morgan fingerprint density at radius 2 is 2.19 bits per heavy atom. The van der Waals surface area contributed by atoms with Crippen LogP contribution in [0, 0.1) is 6.92 Å². The van der Waals surface area contributed by atoms with Crippen LogP contribution in [0.4, 0.5) is 0 Å². The summed E-state index contributed by atoms with van der Waals surface area (Å²) in [5, 5.41) is 8.74. The standard InChI is InChI=1S/C10H10ClNO4/c1-6-2-3-7(4-8(6)11)10(15)12-16-5-9(13)14/h2-4H,5H2,1H3,(H,12,15)(H,13,14). The van der Waals surface area contributed by atoms with Gasteiger partial charge >= 0.3 is 5.97 Å². The first-order valence-electron chi connectivity index (χ1n) is 4.41. The number of hydrogen-bond acceptors (Lipinski definition) is 3. The van der Waals surface area contributed by atoms with E-state index in [0.717, 1.165) is 5.56 Å². The van der Waals surface area contributed by atoms with Crippen LogP contribution in [-0.2, 0) is 9.63 Å². The molecule has 16 heavy (non-hydrogen) atoms. The summed E-state index contributed by atoms with van der Waals surface area (Å²) in [5.74, 6) is -1.70. The highest BCUT2D eigenvalue weighted by Gasteiger charge is 2.07. The lowest BCUT2D eigenvalue weighted by Crippen LogP contribution is -2.26. The van der Waals surface area contributed by atoms with E-state index in [2.05, 4.69) is 4.84 Å². The first-order chi connectivity index (χ1) is 7.50. The van der Waals surface area contributed by atoms with Gasteiger partial charge in [0.1, 0.15) is 0 Å². The summed E-state index contributed by atoms with van der Waals surface area (Å²) < 4.78 is 0. The summed E-state index contributed by atoms with van der Waals surface area (Å²) in [5.41, 5.74) is 3.16. The molecule has 1 rings (SSSR count). The van der Waals surface area contributed by atoms with Crippen molar-refractivity contribution in [2.24, 2.45) is 0 Å². The van der Waals surface area contributed by atoms with E-state index in [9.17, 15) is 9.59 Å². The number of hydrogen-bond donors (Lipinski definition) is 2. The van der Waals surface area contributed by atoms with Gasteiger partial charge in [0.2, 0.25) is 0 Å². The predicted molar refractivity (Wildman–Crippen MR) is 57.2 cm³/mol. The summed E-state index contributed by atoms with van der Waals surface area (Å²) in [6.07, 6.45) is 0. The van der Waals surface area contributed by atoms with Gasteiger partial charge in [-0.15, -0.1) is 0 Å². The highest BCUT2D eigenvalue weighted by molar-refractivity contribution is 6.31. The second kappa shape index (κ2) is 5.48. The molecule has 0 atom stereocenters. The van der Waals surface area contributed by atoms with Crippen LogP contribution < -0.4 is 5.48 Å². The summed E-state index contributed by atoms with van der Waals surface area (Å²) in [4.78, 5) is 26.0. The van der Waals surface area contributed by atoms with Crippen LogP contribution in [0.25, 0.3) is 0 Å². The molecule has 0 unspecified atom stereocenters. The predicted octanol–water partition coefficient (Wildman–Crippen LogP) is 1.39. The van der Waals surface area contributed by atoms with Gasteiger partial charge in [0, 0.05) is 10.6 Å². The number of carboxylic acids is 1. The summed E-state index contributed by atoms with van der Waals surface area (Å²) in [7, 11) is 0. The lowest BCUT2D eigenvalue weighted by atomic mass is 10.1. The van der Waals surface area contributed by atoms with Crippen LogP contribution in [0.5, 0.6) is 0 Å². The molecule has 0 heterocycles. The maximum atomic E-state index is 11.4.